The first-order valence-corrected chi connectivity index (χ1v) is 9.01. The predicted octanol–water partition coefficient (Wildman–Crippen LogP) is 2.70. The van der Waals surface area contributed by atoms with Crippen molar-refractivity contribution in [1.29, 1.82) is 0 Å². The van der Waals surface area contributed by atoms with Crippen LogP contribution in [0.1, 0.15) is 29.1 Å². The van der Waals surface area contributed by atoms with Crippen LogP contribution < -0.4 is 5.32 Å². The second-order valence-electron chi connectivity index (χ2n) is 6.77. The lowest BCUT2D eigenvalue weighted by Crippen LogP contribution is -2.30. The molecule has 132 valence electrons. The molecule has 2 aromatic heterocycles. The maximum Gasteiger partial charge on any atom is 0.264 e. The molecule has 0 fully saturated rings. The molecule has 0 aliphatic heterocycles. The molecule has 0 bridgehead atoms. The van der Waals surface area contributed by atoms with Crippen LogP contribution in [0.2, 0.25) is 0 Å². The molecule has 1 amide bonds. The SMILES string of the molecule is Cc1c(C(=O)N(C)CC(C)C)sc2ncnc(NCCN(C)C)c12. The third kappa shape index (κ3) is 4.21. The summed E-state index contributed by atoms with van der Waals surface area (Å²) < 4.78 is 0. The van der Waals surface area contributed by atoms with E-state index in [-0.39, 0.29) is 5.91 Å². The summed E-state index contributed by atoms with van der Waals surface area (Å²) in [4.78, 5) is 27.0. The molecule has 2 aromatic rings. The van der Waals surface area contributed by atoms with Crippen molar-refractivity contribution in [3.05, 3.63) is 16.8 Å². The highest BCUT2D eigenvalue weighted by Crippen LogP contribution is 2.33. The van der Waals surface area contributed by atoms with Crippen LogP contribution in [0.5, 0.6) is 0 Å². The lowest BCUT2D eigenvalue weighted by molar-refractivity contribution is 0.0783. The molecule has 0 atom stereocenters. The number of likely N-dealkylation sites (N-methyl/N-ethyl adjacent to an activating group) is 1. The molecule has 0 spiro atoms. The Morgan fingerprint density at radius 1 is 1.29 bits per heavy atom. The highest BCUT2D eigenvalue weighted by Gasteiger charge is 2.22. The minimum Gasteiger partial charge on any atom is -0.368 e. The lowest BCUT2D eigenvalue weighted by atomic mass is 10.1. The molecule has 0 radical (unpaired) electrons. The second-order valence-corrected chi connectivity index (χ2v) is 7.77. The molecule has 2 rings (SSSR count). The number of thiophene rings is 1. The van der Waals surface area contributed by atoms with E-state index >= 15 is 0 Å². The number of carbonyl (C=O) groups is 1. The van der Waals surface area contributed by atoms with Gasteiger partial charge in [-0.1, -0.05) is 13.8 Å². The summed E-state index contributed by atoms with van der Waals surface area (Å²) >= 11 is 1.45. The first kappa shape index (κ1) is 18.6. The van der Waals surface area contributed by atoms with Crippen molar-refractivity contribution in [3.8, 4) is 0 Å². The van der Waals surface area contributed by atoms with E-state index in [1.54, 1.807) is 11.2 Å². The van der Waals surface area contributed by atoms with Crippen molar-refractivity contribution >= 4 is 33.3 Å². The third-order valence-corrected chi connectivity index (χ3v) is 4.95. The van der Waals surface area contributed by atoms with E-state index in [2.05, 4.69) is 34.0 Å². The summed E-state index contributed by atoms with van der Waals surface area (Å²) in [6.07, 6.45) is 1.56. The van der Waals surface area contributed by atoms with Gasteiger partial charge in [-0.25, -0.2) is 9.97 Å². The van der Waals surface area contributed by atoms with Crippen molar-refractivity contribution in [1.82, 2.24) is 19.8 Å². The number of nitrogens with zero attached hydrogens (tertiary/aromatic N) is 4. The van der Waals surface area contributed by atoms with Gasteiger partial charge in [0.1, 0.15) is 17.0 Å². The first-order chi connectivity index (χ1) is 11.3. The Morgan fingerprint density at radius 3 is 2.62 bits per heavy atom. The monoisotopic (exact) mass is 349 g/mol. The summed E-state index contributed by atoms with van der Waals surface area (Å²) in [5.74, 6) is 1.31. The number of anilines is 1. The van der Waals surface area contributed by atoms with Gasteiger partial charge in [0, 0.05) is 26.7 Å². The number of aryl methyl sites for hydroxylation is 1. The highest BCUT2D eigenvalue weighted by atomic mass is 32.1. The van der Waals surface area contributed by atoms with Gasteiger partial charge in [-0.15, -0.1) is 11.3 Å². The number of amides is 1. The van der Waals surface area contributed by atoms with Crippen LogP contribution in [0.4, 0.5) is 5.82 Å². The minimum atomic E-state index is 0.0587. The summed E-state index contributed by atoms with van der Waals surface area (Å²) in [5.41, 5.74) is 0.962. The molecule has 0 aliphatic carbocycles. The third-order valence-electron chi connectivity index (χ3n) is 3.76. The number of hydrogen-bond acceptors (Lipinski definition) is 6. The van der Waals surface area contributed by atoms with Crippen LogP contribution in [-0.2, 0) is 0 Å². The largest absolute Gasteiger partial charge is 0.368 e. The second kappa shape index (κ2) is 7.90. The normalized spacial score (nSPS) is 11.5. The zero-order valence-corrected chi connectivity index (χ0v) is 16.2. The Hall–Kier alpha value is -1.73. The zero-order chi connectivity index (χ0) is 17.9. The van der Waals surface area contributed by atoms with E-state index in [4.69, 9.17) is 0 Å². The van der Waals surface area contributed by atoms with Gasteiger partial charge in [0.05, 0.1) is 10.3 Å². The summed E-state index contributed by atoms with van der Waals surface area (Å²) in [5, 5.41) is 4.32. The van der Waals surface area contributed by atoms with Crippen LogP contribution in [0.3, 0.4) is 0 Å². The fourth-order valence-electron chi connectivity index (χ4n) is 2.61. The molecule has 0 saturated carbocycles. The molecule has 24 heavy (non-hydrogen) atoms. The molecule has 7 heteroatoms. The van der Waals surface area contributed by atoms with E-state index < -0.39 is 0 Å². The standard InChI is InChI=1S/C17H27N5OS/c1-11(2)9-22(6)17(23)14-12(3)13-15(18-7-8-21(4)5)19-10-20-16(13)24-14/h10-11H,7-9H2,1-6H3,(H,18,19,20). The topological polar surface area (TPSA) is 61.4 Å². The number of rotatable bonds is 7. The average molecular weight is 350 g/mol. The Bertz CT molecular complexity index is 710. The lowest BCUT2D eigenvalue weighted by Gasteiger charge is -2.18. The van der Waals surface area contributed by atoms with Crippen molar-refractivity contribution in [3.63, 3.8) is 0 Å². The Morgan fingerprint density at radius 2 is 2.00 bits per heavy atom. The summed E-state index contributed by atoms with van der Waals surface area (Å²) in [6, 6.07) is 0. The Balaban J connectivity index is 2.31. The fourth-order valence-corrected chi connectivity index (χ4v) is 3.75. The first-order valence-electron chi connectivity index (χ1n) is 8.19. The van der Waals surface area contributed by atoms with Crippen LogP contribution in [0, 0.1) is 12.8 Å². The van der Waals surface area contributed by atoms with Gasteiger partial charge in [-0.2, -0.15) is 0 Å². The van der Waals surface area contributed by atoms with Crippen molar-refractivity contribution < 1.29 is 4.79 Å². The Labute approximate surface area is 147 Å². The molecule has 2 heterocycles. The fraction of sp³-hybridized carbons (Fsp3) is 0.588. The number of aromatic nitrogens is 2. The molecule has 0 aliphatic rings. The van der Waals surface area contributed by atoms with Gasteiger partial charge < -0.3 is 15.1 Å². The van der Waals surface area contributed by atoms with Crippen LogP contribution >= 0.6 is 11.3 Å². The van der Waals surface area contributed by atoms with Gasteiger partial charge in [-0.3, -0.25) is 4.79 Å². The number of fused-ring (bicyclic) bond motifs is 1. The van der Waals surface area contributed by atoms with Crippen molar-refractivity contribution in [2.24, 2.45) is 5.92 Å². The van der Waals surface area contributed by atoms with Crippen LogP contribution in [0.25, 0.3) is 10.2 Å². The van der Waals surface area contributed by atoms with E-state index in [1.165, 1.54) is 11.3 Å². The van der Waals surface area contributed by atoms with Crippen molar-refractivity contribution in [2.45, 2.75) is 20.8 Å². The molecular formula is C17H27N5OS. The van der Waals surface area contributed by atoms with E-state index in [9.17, 15) is 4.79 Å². The molecule has 1 N–H and O–H groups in total. The molecule has 0 unspecified atom stereocenters. The van der Waals surface area contributed by atoms with E-state index in [1.807, 2.05) is 28.1 Å². The quantitative estimate of drug-likeness (QED) is 0.833. The van der Waals surface area contributed by atoms with Gasteiger partial charge in [0.15, 0.2) is 0 Å². The van der Waals surface area contributed by atoms with Crippen LogP contribution in [0.15, 0.2) is 6.33 Å². The van der Waals surface area contributed by atoms with E-state index in [0.717, 1.165) is 46.1 Å². The Kier molecular flexibility index (Phi) is 6.12. The smallest absolute Gasteiger partial charge is 0.264 e. The highest BCUT2D eigenvalue weighted by molar-refractivity contribution is 7.20. The molecule has 0 saturated heterocycles. The van der Waals surface area contributed by atoms with Gasteiger partial charge in [0.2, 0.25) is 0 Å². The maximum absolute atomic E-state index is 12.7. The van der Waals surface area contributed by atoms with Gasteiger partial charge in [-0.05, 0) is 32.5 Å². The predicted molar refractivity (Wildman–Crippen MR) is 101 cm³/mol. The number of nitrogens with one attached hydrogen (secondary N) is 1. The molecule has 6 nitrogen and oxygen atoms in total. The van der Waals surface area contributed by atoms with Gasteiger partial charge in [0.25, 0.3) is 5.91 Å². The van der Waals surface area contributed by atoms with Crippen molar-refractivity contribution in [2.75, 3.05) is 46.1 Å². The van der Waals surface area contributed by atoms with E-state index in [0.29, 0.717) is 5.92 Å². The van der Waals surface area contributed by atoms with Crippen LogP contribution in [-0.4, -0.2) is 66.5 Å². The average Bonchev–Trinajstić information content (AvgIpc) is 2.83. The maximum atomic E-state index is 12.7. The summed E-state index contributed by atoms with van der Waals surface area (Å²) in [6.45, 7) is 8.66. The number of carbonyl (C=O) groups excluding carboxylic acids is 1. The zero-order valence-electron chi connectivity index (χ0n) is 15.4. The minimum absolute atomic E-state index is 0.0587. The van der Waals surface area contributed by atoms with Gasteiger partial charge >= 0.3 is 0 Å². The molecular weight excluding hydrogens is 322 g/mol. The number of hydrogen-bond donors (Lipinski definition) is 1. The molecule has 0 aromatic carbocycles. The summed E-state index contributed by atoms with van der Waals surface area (Å²) in [7, 11) is 5.93.